The van der Waals surface area contributed by atoms with Crippen molar-refractivity contribution in [3.63, 3.8) is 0 Å². The van der Waals surface area contributed by atoms with Crippen LogP contribution in [0.25, 0.3) is 5.69 Å². The van der Waals surface area contributed by atoms with Crippen LogP contribution in [-0.2, 0) is 9.53 Å². The number of carbonyl (C=O) groups excluding carboxylic acids is 3. The first-order chi connectivity index (χ1) is 16.4. The zero-order valence-corrected chi connectivity index (χ0v) is 19.3. The number of methoxy groups -OCH3 is 1. The molecule has 1 aromatic heterocycles. The van der Waals surface area contributed by atoms with Crippen LogP contribution in [0, 0.1) is 6.92 Å². The monoisotopic (exact) mass is 462 g/mol. The Hall–Kier alpha value is -4.14. The van der Waals surface area contributed by atoms with Gasteiger partial charge in [0.25, 0.3) is 5.91 Å². The number of esters is 1. The molecule has 0 unspecified atom stereocenters. The maximum atomic E-state index is 12.8. The molecule has 2 heterocycles. The number of anilines is 2. The SMILES string of the molecule is CCOC(=O)c1cnn(-c2ccc(C(=O)Nc3ccc(N4CCCC4=O)c(OC)c3)cc2)c1C. The highest BCUT2D eigenvalue weighted by molar-refractivity contribution is 6.05. The molecule has 0 spiro atoms. The van der Waals surface area contributed by atoms with Gasteiger partial charge in [-0.3, -0.25) is 9.59 Å². The number of rotatable bonds is 7. The summed E-state index contributed by atoms with van der Waals surface area (Å²) in [7, 11) is 1.54. The molecule has 9 heteroatoms. The Kier molecular flexibility index (Phi) is 6.62. The highest BCUT2D eigenvalue weighted by Crippen LogP contribution is 2.34. The summed E-state index contributed by atoms with van der Waals surface area (Å²) < 4.78 is 12.1. The van der Waals surface area contributed by atoms with E-state index in [0.29, 0.717) is 52.6 Å². The summed E-state index contributed by atoms with van der Waals surface area (Å²) in [5.74, 6) is -0.118. The van der Waals surface area contributed by atoms with Crippen molar-refractivity contribution in [1.29, 1.82) is 0 Å². The van der Waals surface area contributed by atoms with Crippen molar-refractivity contribution in [1.82, 2.24) is 9.78 Å². The van der Waals surface area contributed by atoms with Gasteiger partial charge in [-0.1, -0.05) is 0 Å². The molecule has 1 aliphatic heterocycles. The van der Waals surface area contributed by atoms with Gasteiger partial charge in [0.1, 0.15) is 11.3 Å². The van der Waals surface area contributed by atoms with Gasteiger partial charge in [0.2, 0.25) is 5.91 Å². The van der Waals surface area contributed by atoms with Gasteiger partial charge >= 0.3 is 5.97 Å². The van der Waals surface area contributed by atoms with Crippen molar-refractivity contribution in [2.75, 3.05) is 30.5 Å². The van der Waals surface area contributed by atoms with E-state index in [4.69, 9.17) is 9.47 Å². The smallest absolute Gasteiger partial charge is 0.341 e. The van der Waals surface area contributed by atoms with Crippen LogP contribution in [0.2, 0.25) is 0 Å². The average Bonchev–Trinajstić information content (AvgIpc) is 3.44. The van der Waals surface area contributed by atoms with E-state index in [9.17, 15) is 14.4 Å². The number of carbonyl (C=O) groups is 3. The van der Waals surface area contributed by atoms with E-state index in [0.717, 1.165) is 6.42 Å². The van der Waals surface area contributed by atoms with Crippen LogP contribution in [-0.4, -0.2) is 47.8 Å². The Bertz CT molecular complexity index is 1230. The number of aromatic nitrogens is 2. The van der Waals surface area contributed by atoms with Crippen LogP contribution in [0.3, 0.4) is 0 Å². The second kappa shape index (κ2) is 9.78. The van der Waals surface area contributed by atoms with Gasteiger partial charge in [0.05, 0.1) is 37.0 Å². The molecule has 9 nitrogen and oxygen atoms in total. The lowest BCUT2D eigenvalue weighted by molar-refractivity contribution is -0.117. The summed E-state index contributed by atoms with van der Waals surface area (Å²) in [6.45, 7) is 4.48. The van der Waals surface area contributed by atoms with Crippen LogP contribution < -0.4 is 15.0 Å². The first-order valence-corrected chi connectivity index (χ1v) is 11.0. The van der Waals surface area contributed by atoms with Gasteiger partial charge in [0.15, 0.2) is 0 Å². The van der Waals surface area contributed by atoms with E-state index in [1.165, 1.54) is 13.3 Å². The van der Waals surface area contributed by atoms with Crippen molar-refractivity contribution >= 4 is 29.2 Å². The molecule has 0 atom stereocenters. The predicted molar refractivity (Wildman–Crippen MR) is 127 cm³/mol. The molecule has 1 saturated heterocycles. The van der Waals surface area contributed by atoms with Crippen LogP contribution in [0.15, 0.2) is 48.7 Å². The second-order valence-corrected chi connectivity index (χ2v) is 7.81. The first kappa shape index (κ1) is 23.0. The molecular formula is C25H26N4O5. The van der Waals surface area contributed by atoms with E-state index in [1.54, 1.807) is 65.9 Å². The molecule has 2 aromatic carbocycles. The Morgan fingerprint density at radius 2 is 1.91 bits per heavy atom. The normalized spacial score (nSPS) is 13.1. The fraction of sp³-hybridized carbons (Fsp3) is 0.280. The molecule has 0 bridgehead atoms. The molecule has 0 radical (unpaired) electrons. The highest BCUT2D eigenvalue weighted by atomic mass is 16.5. The lowest BCUT2D eigenvalue weighted by Gasteiger charge is -2.19. The lowest BCUT2D eigenvalue weighted by atomic mass is 10.1. The van der Waals surface area contributed by atoms with Gasteiger partial charge in [-0.2, -0.15) is 5.10 Å². The number of ether oxygens (including phenoxy) is 2. The van der Waals surface area contributed by atoms with Gasteiger partial charge in [-0.05, 0) is 56.7 Å². The minimum Gasteiger partial charge on any atom is -0.494 e. The number of benzene rings is 2. The minimum atomic E-state index is -0.419. The maximum absolute atomic E-state index is 12.8. The Labute approximate surface area is 197 Å². The number of hydrogen-bond acceptors (Lipinski definition) is 6. The molecule has 176 valence electrons. The van der Waals surface area contributed by atoms with Crippen molar-refractivity contribution in [3.05, 3.63) is 65.5 Å². The lowest BCUT2D eigenvalue weighted by Crippen LogP contribution is -2.24. The third-order valence-electron chi connectivity index (χ3n) is 5.68. The molecule has 1 aliphatic rings. The van der Waals surface area contributed by atoms with Crippen molar-refractivity contribution < 1.29 is 23.9 Å². The Morgan fingerprint density at radius 1 is 1.15 bits per heavy atom. The van der Waals surface area contributed by atoms with Crippen LogP contribution in [0.5, 0.6) is 5.75 Å². The molecule has 1 fully saturated rings. The third-order valence-corrected chi connectivity index (χ3v) is 5.68. The summed E-state index contributed by atoms with van der Waals surface area (Å²) >= 11 is 0. The van der Waals surface area contributed by atoms with Crippen LogP contribution >= 0.6 is 0 Å². The molecule has 1 N–H and O–H groups in total. The predicted octanol–water partition coefficient (Wildman–Crippen LogP) is 3.75. The second-order valence-electron chi connectivity index (χ2n) is 7.81. The molecule has 4 rings (SSSR count). The fourth-order valence-electron chi connectivity index (χ4n) is 3.92. The number of amides is 2. The van der Waals surface area contributed by atoms with Crippen molar-refractivity contribution in [3.8, 4) is 11.4 Å². The van der Waals surface area contributed by atoms with Crippen LogP contribution in [0.1, 0.15) is 46.2 Å². The summed E-state index contributed by atoms with van der Waals surface area (Å²) in [5, 5.41) is 7.13. The van der Waals surface area contributed by atoms with Crippen LogP contribution in [0.4, 0.5) is 11.4 Å². The minimum absolute atomic E-state index is 0.0666. The third kappa shape index (κ3) is 4.50. The maximum Gasteiger partial charge on any atom is 0.341 e. The zero-order valence-electron chi connectivity index (χ0n) is 19.3. The quantitative estimate of drug-likeness (QED) is 0.537. The summed E-state index contributed by atoms with van der Waals surface area (Å²) in [4.78, 5) is 38.6. The van der Waals surface area contributed by atoms with Crippen molar-refractivity contribution in [2.24, 2.45) is 0 Å². The molecule has 3 aromatic rings. The van der Waals surface area contributed by atoms with E-state index in [2.05, 4.69) is 10.4 Å². The molecule has 2 amide bonds. The molecular weight excluding hydrogens is 436 g/mol. The highest BCUT2D eigenvalue weighted by Gasteiger charge is 2.24. The van der Waals surface area contributed by atoms with E-state index in [-0.39, 0.29) is 18.4 Å². The number of hydrogen-bond donors (Lipinski definition) is 1. The van der Waals surface area contributed by atoms with Gasteiger partial charge < -0.3 is 19.7 Å². The van der Waals surface area contributed by atoms with E-state index < -0.39 is 5.97 Å². The Balaban J connectivity index is 1.48. The van der Waals surface area contributed by atoms with E-state index in [1.807, 2.05) is 0 Å². The number of nitrogens with zero attached hydrogens (tertiary/aromatic N) is 3. The average molecular weight is 463 g/mol. The standard InChI is InChI=1S/C25H26N4O5/c1-4-34-25(32)20-15-26-29(16(20)2)19-10-7-17(8-11-19)24(31)27-18-9-12-21(22(14-18)33-3)28-13-5-6-23(28)30/h7-12,14-15H,4-6,13H2,1-3H3,(H,27,31). The van der Waals surface area contributed by atoms with E-state index >= 15 is 0 Å². The molecule has 34 heavy (non-hydrogen) atoms. The van der Waals surface area contributed by atoms with Crippen molar-refractivity contribution in [2.45, 2.75) is 26.7 Å². The largest absolute Gasteiger partial charge is 0.494 e. The summed E-state index contributed by atoms with van der Waals surface area (Å²) in [6, 6.07) is 12.1. The topological polar surface area (TPSA) is 103 Å². The van der Waals surface area contributed by atoms with Gasteiger partial charge in [-0.25, -0.2) is 9.48 Å². The summed E-state index contributed by atoms with van der Waals surface area (Å²) in [5.41, 5.74) is 3.48. The Morgan fingerprint density at radius 3 is 2.56 bits per heavy atom. The van der Waals surface area contributed by atoms with Gasteiger partial charge in [-0.15, -0.1) is 0 Å². The number of nitrogens with one attached hydrogen (secondary N) is 1. The zero-order chi connectivity index (χ0) is 24.2. The molecule has 0 saturated carbocycles. The summed E-state index contributed by atoms with van der Waals surface area (Å²) in [6.07, 6.45) is 2.82. The van der Waals surface area contributed by atoms with Gasteiger partial charge in [0, 0.05) is 30.3 Å². The fourth-order valence-corrected chi connectivity index (χ4v) is 3.92. The first-order valence-electron chi connectivity index (χ1n) is 11.0. The molecule has 0 aliphatic carbocycles.